The van der Waals surface area contributed by atoms with E-state index >= 15 is 0 Å². The molecule has 0 bridgehead atoms. The SMILES string of the molecule is O=c1c(=Cc2ccc(-c3cc(Cl)cc(Cl)c3)o2)sc2nc(-c3ccncc3)nn12. The molecule has 4 heterocycles. The lowest BCUT2D eigenvalue weighted by molar-refractivity contribution is 0.571. The number of pyridine rings is 1. The van der Waals surface area contributed by atoms with Crippen LogP contribution in [0.25, 0.3) is 33.7 Å². The normalized spacial score (nSPS) is 12.1. The summed E-state index contributed by atoms with van der Waals surface area (Å²) in [7, 11) is 0. The van der Waals surface area contributed by atoms with Gasteiger partial charge in [0.25, 0.3) is 5.56 Å². The van der Waals surface area contributed by atoms with E-state index < -0.39 is 0 Å². The van der Waals surface area contributed by atoms with Gasteiger partial charge in [0.05, 0.1) is 0 Å². The fraction of sp³-hybridized carbons (Fsp3) is 0. The third kappa shape index (κ3) is 3.44. The molecule has 142 valence electrons. The van der Waals surface area contributed by atoms with Crippen LogP contribution in [-0.2, 0) is 0 Å². The summed E-state index contributed by atoms with van der Waals surface area (Å²) in [6.07, 6.45) is 4.98. The predicted octanol–water partition coefficient (Wildman–Crippen LogP) is 4.33. The average molecular weight is 441 g/mol. The summed E-state index contributed by atoms with van der Waals surface area (Å²) in [5.41, 5.74) is 1.31. The summed E-state index contributed by atoms with van der Waals surface area (Å²) in [5.74, 6) is 1.63. The maximum absolute atomic E-state index is 12.7. The van der Waals surface area contributed by atoms with E-state index in [2.05, 4.69) is 15.1 Å². The molecular weight excluding hydrogens is 431 g/mol. The van der Waals surface area contributed by atoms with Gasteiger partial charge in [-0.05, 0) is 42.5 Å². The number of rotatable bonds is 3. The van der Waals surface area contributed by atoms with Gasteiger partial charge in [-0.1, -0.05) is 34.5 Å². The average Bonchev–Trinajstić information content (AvgIpc) is 3.40. The van der Waals surface area contributed by atoms with Gasteiger partial charge in [0, 0.05) is 39.6 Å². The fourth-order valence-electron chi connectivity index (χ4n) is 2.87. The van der Waals surface area contributed by atoms with Crippen molar-refractivity contribution in [3.8, 4) is 22.7 Å². The van der Waals surface area contributed by atoms with E-state index in [9.17, 15) is 4.79 Å². The van der Waals surface area contributed by atoms with Gasteiger partial charge in [-0.3, -0.25) is 9.78 Å². The lowest BCUT2D eigenvalue weighted by Gasteiger charge is -1.99. The highest BCUT2D eigenvalue weighted by atomic mass is 35.5. The number of thiazole rings is 1. The van der Waals surface area contributed by atoms with Crippen molar-refractivity contribution < 1.29 is 4.42 Å². The second-order valence-electron chi connectivity index (χ2n) is 6.14. The van der Waals surface area contributed by atoms with Crippen molar-refractivity contribution in [2.75, 3.05) is 0 Å². The number of halogens is 2. The van der Waals surface area contributed by atoms with E-state index in [-0.39, 0.29) is 5.56 Å². The van der Waals surface area contributed by atoms with Gasteiger partial charge in [-0.2, -0.15) is 9.50 Å². The monoisotopic (exact) mass is 440 g/mol. The first-order chi connectivity index (χ1) is 14.1. The number of fused-ring (bicyclic) bond motifs is 1. The molecule has 0 fully saturated rings. The number of furan rings is 1. The van der Waals surface area contributed by atoms with Crippen molar-refractivity contribution in [3.63, 3.8) is 0 Å². The lowest BCUT2D eigenvalue weighted by Crippen LogP contribution is -2.23. The van der Waals surface area contributed by atoms with Crippen molar-refractivity contribution in [1.82, 2.24) is 19.6 Å². The molecule has 5 rings (SSSR count). The van der Waals surface area contributed by atoms with E-state index in [1.54, 1.807) is 60.9 Å². The van der Waals surface area contributed by atoms with Crippen LogP contribution in [0.4, 0.5) is 0 Å². The van der Waals surface area contributed by atoms with Crippen LogP contribution in [0, 0.1) is 0 Å². The topological polar surface area (TPSA) is 73.3 Å². The Labute approximate surface area is 177 Å². The molecular formula is C20H10Cl2N4O2S. The first kappa shape index (κ1) is 18.1. The largest absolute Gasteiger partial charge is 0.457 e. The van der Waals surface area contributed by atoms with Crippen molar-refractivity contribution in [2.45, 2.75) is 0 Å². The molecule has 1 aromatic carbocycles. The van der Waals surface area contributed by atoms with Crippen LogP contribution in [0.2, 0.25) is 10.0 Å². The molecule has 4 aromatic heterocycles. The maximum atomic E-state index is 12.7. The molecule has 0 amide bonds. The van der Waals surface area contributed by atoms with E-state index in [4.69, 9.17) is 27.6 Å². The third-order valence-electron chi connectivity index (χ3n) is 4.17. The van der Waals surface area contributed by atoms with E-state index in [1.807, 2.05) is 0 Å². The highest BCUT2D eigenvalue weighted by Gasteiger charge is 2.12. The van der Waals surface area contributed by atoms with Crippen LogP contribution in [0.15, 0.2) is 64.1 Å². The molecule has 0 aliphatic rings. The van der Waals surface area contributed by atoms with Gasteiger partial charge in [0.2, 0.25) is 4.96 Å². The smallest absolute Gasteiger partial charge is 0.291 e. The Bertz CT molecular complexity index is 1440. The Hall–Kier alpha value is -3.00. The molecule has 0 aliphatic carbocycles. The van der Waals surface area contributed by atoms with Crippen LogP contribution >= 0.6 is 34.5 Å². The minimum atomic E-state index is -0.249. The standard InChI is InChI=1S/C20H10Cl2N4O2S/c21-13-7-12(8-14(22)9-13)16-2-1-15(28-16)10-17-19(27)26-20(29-17)24-18(25-26)11-3-5-23-6-4-11/h1-10H. The Balaban J connectivity index is 1.53. The zero-order valence-electron chi connectivity index (χ0n) is 14.5. The summed E-state index contributed by atoms with van der Waals surface area (Å²) < 4.78 is 7.62. The highest BCUT2D eigenvalue weighted by molar-refractivity contribution is 7.15. The Kier molecular flexibility index (Phi) is 4.43. The van der Waals surface area contributed by atoms with E-state index in [1.165, 1.54) is 15.9 Å². The molecule has 0 unspecified atom stereocenters. The van der Waals surface area contributed by atoms with Crippen molar-refractivity contribution >= 4 is 45.6 Å². The third-order valence-corrected chi connectivity index (χ3v) is 5.56. The second-order valence-corrected chi connectivity index (χ2v) is 8.02. The zero-order valence-corrected chi connectivity index (χ0v) is 16.9. The minimum Gasteiger partial charge on any atom is -0.457 e. The van der Waals surface area contributed by atoms with Crippen LogP contribution < -0.4 is 10.1 Å². The summed E-state index contributed by atoms with van der Waals surface area (Å²) in [4.78, 5) is 21.6. The molecule has 0 radical (unpaired) electrons. The summed E-state index contributed by atoms with van der Waals surface area (Å²) >= 11 is 13.4. The van der Waals surface area contributed by atoms with Crippen molar-refractivity contribution in [3.05, 3.63) is 85.5 Å². The van der Waals surface area contributed by atoms with Gasteiger partial charge in [-0.25, -0.2) is 0 Å². The van der Waals surface area contributed by atoms with Gasteiger partial charge in [0.1, 0.15) is 16.1 Å². The molecule has 0 atom stereocenters. The van der Waals surface area contributed by atoms with Gasteiger partial charge >= 0.3 is 0 Å². The highest BCUT2D eigenvalue weighted by Crippen LogP contribution is 2.28. The van der Waals surface area contributed by atoms with Gasteiger partial charge in [-0.15, -0.1) is 5.10 Å². The zero-order chi connectivity index (χ0) is 20.0. The number of aromatic nitrogens is 4. The molecule has 9 heteroatoms. The number of hydrogen-bond donors (Lipinski definition) is 0. The molecule has 0 saturated carbocycles. The van der Waals surface area contributed by atoms with E-state index in [0.717, 1.165) is 11.1 Å². The van der Waals surface area contributed by atoms with Gasteiger partial charge < -0.3 is 4.42 Å². The predicted molar refractivity (Wildman–Crippen MR) is 113 cm³/mol. The summed E-state index contributed by atoms with van der Waals surface area (Å²) in [5, 5.41) is 5.35. The van der Waals surface area contributed by atoms with Gasteiger partial charge in [0.15, 0.2) is 5.82 Å². The Morgan fingerprint density at radius 2 is 1.76 bits per heavy atom. The number of nitrogens with zero attached hydrogens (tertiary/aromatic N) is 4. The summed E-state index contributed by atoms with van der Waals surface area (Å²) in [6.45, 7) is 0. The molecule has 0 aliphatic heterocycles. The molecule has 0 saturated heterocycles. The van der Waals surface area contributed by atoms with E-state index in [0.29, 0.717) is 36.9 Å². The molecule has 5 aromatic rings. The fourth-order valence-corrected chi connectivity index (χ4v) is 4.28. The maximum Gasteiger partial charge on any atom is 0.291 e. The Morgan fingerprint density at radius 1 is 1.00 bits per heavy atom. The molecule has 0 N–H and O–H groups in total. The van der Waals surface area contributed by atoms with Crippen molar-refractivity contribution in [2.24, 2.45) is 0 Å². The Morgan fingerprint density at radius 3 is 2.48 bits per heavy atom. The minimum absolute atomic E-state index is 0.249. The molecule has 6 nitrogen and oxygen atoms in total. The van der Waals surface area contributed by atoms with Crippen molar-refractivity contribution in [1.29, 1.82) is 0 Å². The number of hydrogen-bond acceptors (Lipinski definition) is 6. The van der Waals surface area contributed by atoms with Crippen LogP contribution in [0.1, 0.15) is 5.76 Å². The molecule has 0 spiro atoms. The summed E-state index contributed by atoms with van der Waals surface area (Å²) in [6, 6.07) is 12.4. The first-order valence-corrected chi connectivity index (χ1v) is 10.0. The van der Waals surface area contributed by atoms with Crippen LogP contribution in [0.5, 0.6) is 0 Å². The number of benzene rings is 1. The second kappa shape index (κ2) is 7.11. The van der Waals surface area contributed by atoms with Crippen LogP contribution in [-0.4, -0.2) is 19.6 Å². The van der Waals surface area contributed by atoms with Crippen LogP contribution in [0.3, 0.4) is 0 Å². The molecule has 29 heavy (non-hydrogen) atoms. The first-order valence-electron chi connectivity index (χ1n) is 8.45. The lowest BCUT2D eigenvalue weighted by atomic mass is 10.2. The quantitative estimate of drug-likeness (QED) is 0.417.